The highest BCUT2D eigenvalue weighted by atomic mass is 32.2. The van der Waals surface area contributed by atoms with E-state index in [0.29, 0.717) is 24.3 Å². The molecule has 0 aliphatic rings. The lowest BCUT2D eigenvalue weighted by molar-refractivity contribution is 0.0531. The van der Waals surface area contributed by atoms with Crippen LogP contribution < -0.4 is 4.74 Å². The van der Waals surface area contributed by atoms with Crippen LogP contribution in [0.5, 0.6) is 5.75 Å². The topological polar surface area (TPSA) is 83.3 Å². The molecule has 0 N–H and O–H groups in total. The standard InChI is InChI=1S/C20H23NO6S/c1-4-14(13-26-28(3,23)24)27-15-9-10-16-18(12-15)21-11-7-6-8-17(21)19(16)20(22)25-5-2/h6-12,14H,4-5,13H2,1-3H3. The van der Waals surface area contributed by atoms with Crippen molar-refractivity contribution in [3.8, 4) is 5.75 Å². The number of carbonyl (C=O) groups is 1. The molecule has 0 aliphatic heterocycles. The molecule has 0 aliphatic carbocycles. The van der Waals surface area contributed by atoms with E-state index in [1.807, 2.05) is 47.9 Å². The van der Waals surface area contributed by atoms with E-state index in [4.69, 9.17) is 13.7 Å². The second-order valence-electron chi connectivity index (χ2n) is 6.37. The van der Waals surface area contributed by atoms with Gasteiger partial charge in [0.2, 0.25) is 0 Å². The smallest absolute Gasteiger partial charge is 0.340 e. The van der Waals surface area contributed by atoms with Crippen molar-refractivity contribution in [1.82, 2.24) is 4.40 Å². The van der Waals surface area contributed by atoms with Gasteiger partial charge in [0.25, 0.3) is 10.1 Å². The molecule has 7 nitrogen and oxygen atoms in total. The van der Waals surface area contributed by atoms with Gasteiger partial charge in [-0.3, -0.25) is 4.18 Å². The van der Waals surface area contributed by atoms with Gasteiger partial charge in [-0.1, -0.05) is 13.0 Å². The Hall–Kier alpha value is -2.58. The zero-order chi connectivity index (χ0) is 20.3. The van der Waals surface area contributed by atoms with Gasteiger partial charge in [-0.15, -0.1) is 0 Å². The predicted molar refractivity (Wildman–Crippen MR) is 106 cm³/mol. The summed E-state index contributed by atoms with van der Waals surface area (Å²) in [5, 5.41) is 0.762. The Balaban J connectivity index is 1.99. The Labute approximate surface area is 163 Å². The van der Waals surface area contributed by atoms with Crippen LogP contribution in [0.2, 0.25) is 0 Å². The molecule has 0 fully saturated rings. The van der Waals surface area contributed by atoms with Crippen LogP contribution in [0.3, 0.4) is 0 Å². The highest BCUT2D eigenvalue weighted by Crippen LogP contribution is 2.30. The number of aromatic nitrogens is 1. The van der Waals surface area contributed by atoms with Gasteiger partial charge in [0, 0.05) is 17.6 Å². The third-order valence-corrected chi connectivity index (χ3v) is 4.88. The first kappa shape index (κ1) is 20.2. The number of pyridine rings is 1. The van der Waals surface area contributed by atoms with Crippen LogP contribution in [0.1, 0.15) is 30.6 Å². The second-order valence-corrected chi connectivity index (χ2v) is 8.01. The van der Waals surface area contributed by atoms with Crippen molar-refractivity contribution >= 4 is 32.5 Å². The summed E-state index contributed by atoms with van der Waals surface area (Å²) in [6.07, 6.45) is 3.04. The van der Waals surface area contributed by atoms with Crippen molar-refractivity contribution in [3.05, 3.63) is 48.2 Å². The first-order valence-corrected chi connectivity index (χ1v) is 10.9. The van der Waals surface area contributed by atoms with Crippen LogP contribution in [0.25, 0.3) is 16.4 Å². The maximum Gasteiger partial charge on any atom is 0.340 e. The summed E-state index contributed by atoms with van der Waals surface area (Å²) in [6.45, 7) is 3.90. The molecular weight excluding hydrogens is 382 g/mol. The largest absolute Gasteiger partial charge is 0.488 e. The highest BCUT2D eigenvalue weighted by molar-refractivity contribution is 7.85. The maximum atomic E-state index is 12.5. The molecular formula is C20H23NO6S. The van der Waals surface area contributed by atoms with Crippen LogP contribution in [0.15, 0.2) is 42.6 Å². The molecule has 3 aromatic rings. The van der Waals surface area contributed by atoms with Crippen molar-refractivity contribution in [2.24, 2.45) is 0 Å². The van der Waals surface area contributed by atoms with E-state index in [0.717, 1.165) is 22.7 Å². The predicted octanol–water partition coefficient (Wildman–Crippen LogP) is 3.40. The van der Waals surface area contributed by atoms with Crippen molar-refractivity contribution < 1.29 is 26.9 Å². The minimum Gasteiger partial charge on any atom is -0.488 e. The Kier molecular flexibility index (Phi) is 5.90. The fourth-order valence-electron chi connectivity index (χ4n) is 3.04. The first-order chi connectivity index (χ1) is 13.3. The number of ether oxygens (including phenoxy) is 2. The van der Waals surface area contributed by atoms with Crippen LogP contribution >= 0.6 is 0 Å². The Morgan fingerprint density at radius 1 is 1.14 bits per heavy atom. The lowest BCUT2D eigenvalue weighted by Gasteiger charge is -2.17. The summed E-state index contributed by atoms with van der Waals surface area (Å²) in [7, 11) is -3.53. The third-order valence-electron chi connectivity index (χ3n) is 4.32. The van der Waals surface area contributed by atoms with Gasteiger partial charge in [-0.05, 0) is 37.6 Å². The molecule has 28 heavy (non-hydrogen) atoms. The van der Waals surface area contributed by atoms with E-state index >= 15 is 0 Å². The van der Waals surface area contributed by atoms with Gasteiger partial charge >= 0.3 is 5.97 Å². The minimum atomic E-state index is -3.53. The fraction of sp³-hybridized carbons (Fsp3) is 0.350. The Morgan fingerprint density at radius 2 is 1.93 bits per heavy atom. The summed E-state index contributed by atoms with van der Waals surface area (Å²) in [4.78, 5) is 12.5. The zero-order valence-electron chi connectivity index (χ0n) is 16.0. The zero-order valence-corrected chi connectivity index (χ0v) is 16.9. The Bertz CT molecular complexity index is 1100. The number of rotatable bonds is 8. The maximum absolute atomic E-state index is 12.5. The SMILES string of the molecule is CCOC(=O)c1c2ccc(OC(CC)COS(C)(=O)=O)cc2n2ccccc12. The Morgan fingerprint density at radius 3 is 2.61 bits per heavy atom. The lowest BCUT2D eigenvalue weighted by Crippen LogP contribution is -2.24. The number of hydrogen-bond acceptors (Lipinski definition) is 6. The quantitative estimate of drug-likeness (QED) is 0.422. The minimum absolute atomic E-state index is 0.0592. The second kappa shape index (κ2) is 8.20. The normalized spacial score (nSPS) is 13.0. The van der Waals surface area contributed by atoms with Gasteiger partial charge in [0.05, 0.1) is 29.5 Å². The number of nitrogens with zero attached hydrogens (tertiary/aromatic N) is 1. The van der Waals surface area contributed by atoms with Gasteiger partial charge < -0.3 is 13.9 Å². The molecule has 0 saturated carbocycles. The first-order valence-electron chi connectivity index (χ1n) is 9.05. The van der Waals surface area contributed by atoms with Crippen molar-refractivity contribution in [1.29, 1.82) is 0 Å². The number of benzene rings is 1. The van der Waals surface area contributed by atoms with Crippen molar-refractivity contribution in [2.75, 3.05) is 19.5 Å². The summed E-state index contributed by atoms with van der Waals surface area (Å²) < 4.78 is 40.3. The molecule has 150 valence electrons. The van der Waals surface area contributed by atoms with Gasteiger partial charge in [0.1, 0.15) is 18.5 Å². The third kappa shape index (κ3) is 4.28. The summed E-state index contributed by atoms with van der Waals surface area (Å²) in [5.41, 5.74) is 2.06. The van der Waals surface area contributed by atoms with Crippen LogP contribution in [-0.2, 0) is 19.0 Å². The van der Waals surface area contributed by atoms with Gasteiger partial charge in [-0.2, -0.15) is 8.42 Å². The molecule has 2 aromatic heterocycles. The molecule has 0 bridgehead atoms. The molecule has 3 rings (SSSR count). The van der Waals surface area contributed by atoms with E-state index < -0.39 is 16.2 Å². The summed E-state index contributed by atoms with van der Waals surface area (Å²) >= 11 is 0. The summed E-state index contributed by atoms with van der Waals surface area (Å²) in [6, 6.07) is 11.0. The highest BCUT2D eigenvalue weighted by Gasteiger charge is 2.20. The van der Waals surface area contributed by atoms with E-state index in [1.165, 1.54) is 0 Å². The molecule has 0 spiro atoms. The van der Waals surface area contributed by atoms with E-state index in [2.05, 4.69) is 0 Å². The van der Waals surface area contributed by atoms with E-state index in [-0.39, 0.29) is 12.6 Å². The summed E-state index contributed by atoms with van der Waals surface area (Å²) in [5.74, 6) is 0.193. The van der Waals surface area contributed by atoms with Gasteiger partial charge in [0.15, 0.2) is 0 Å². The molecule has 0 radical (unpaired) electrons. The molecule has 1 atom stereocenters. The molecule has 2 heterocycles. The molecule has 1 unspecified atom stereocenters. The molecule has 0 amide bonds. The number of carbonyl (C=O) groups excluding carboxylic acids is 1. The number of esters is 1. The number of hydrogen-bond donors (Lipinski definition) is 0. The van der Waals surface area contributed by atoms with Crippen molar-refractivity contribution in [2.45, 2.75) is 26.4 Å². The van der Waals surface area contributed by atoms with Crippen LogP contribution in [0.4, 0.5) is 0 Å². The average Bonchev–Trinajstić information content (AvgIpc) is 2.98. The molecule has 0 saturated heterocycles. The van der Waals surface area contributed by atoms with Gasteiger partial charge in [-0.25, -0.2) is 4.79 Å². The van der Waals surface area contributed by atoms with Crippen LogP contribution in [-0.4, -0.2) is 44.4 Å². The fourth-order valence-corrected chi connectivity index (χ4v) is 3.43. The van der Waals surface area contributed by atoms with E-state index in [9.17, 15) is 13.2 Å². The van der Waals surface area contributed by atoms with E-state index in [1.54, 1.807) is 13.0 Å². The van der Waals surface area contributed by atoms with Crippen molar-refractivity contribution in [3.63, 3.8) is 0 Å². The van der Waals surface area contributed by atoms with Crippen LogP contribution in [0, 0.1) is 0 Å². The monoisotopic (exact) mass is 405 g/mol. The average molecular weight is 405 g/mol. The number of fused-ring (bicyclic) bond motifs is 3. The molecule has 8 heteroatoms. The molecule has 1 aromatic carbocycles. The lowest BCUT2D eigenvalue weighted by atomic mass is 10.1.